The van der Waals surface area contributed by atoms with Gasteiger partial charge in [-0.3, -0.25) is 0 Å². The molecule has 14 heavy (non-hydrogen) atoms. The van der Waals surface area contributed by atoms with E-state index in [2.05, 4.69) is 31.1 Å². The second kappa shape index (κ2) is 5.69. The molecule has 0 aromatic carbocycles. The van der Waals surface area contributed by atoms with Gasteiger partial charge in [-0.25, -0.2) is 0 Å². The van der Waals surface area contributed by atoms with Crippen molar-refractivity contribution in [3.05, 3.63) is 0 Å². The van der Waals surface area contributed by atoms with Crippen LogP contribution in [0.25, 0.3) is 0 Å². The van der Waals surface area contributed by atoms with Gasteiger partial charge in [0, 0.05) is 19.7 Å². The minimum Gasteiger partial charge on any atom is -0.383 e. The third-order valence-corrected chi connectivity index (χ3v) is 3.36. The van der Waals surface area contributed by atoms with Crippen LogP contribution < -0.4 is 5.32 Å². The molecule has 1 aliphatic rings. The van der Waals surface area contributed by atoms with Crippen molar-refractivity contribution in [3.8, 4) is 0 Å². The van der Waals surface area contributed by atoms with Gasteiger partial charge >= 0.3 is 0 Å². The van der Waals surface area contributed by atoms with Gasteiger partial charge in [0.1, 0.15) is 0 Å². The molecule has 0 amide bonds. The first-order valence-electron chi connectivity index (χ1n) is 5.55. The highest BCUT2D eigenvalue weighted by Gasteiger charge is 2.25. The fraction of sp³-hybridized carbons (Fsp3) is 1.00. The summed E-state index contributed by atoms with van der Waals surface area (Å²) in [5.41, 5.74) is 0. The molecular weight excluding hydrogens is 176 g/mol. The summed E-state index contributed by atoms with van der Waals surface area (Å²) in [6.45, 7) is 8.90. The molecule has 3 nitrogen and oxygen atoms in total. The van der Waals surface area contributed by atoms with Crippen molar-refractivity contribution in [1.29, 1.82) is 0 Å². The van der Waals surface area contributed by atoms with E-state index in [1.807, 2.05) is 0 Å². The molecule has 1 fully saturated rings. The van der Waals surface area contributed by atoms with Gasteiger partial charge in [-0.2, -0.15) is 0 Å². The first-order chi connectivity index (χ1) is 6.65. The normalized spacial score (nSPS) is 29.8. The average Bonchev–Trinajstić information content (AvgIpc) is 2.52. The van der Waals surface area contributed by atoms with E-state index in [0.717, 1.165) is 18.4 Å². The minimum absolute atomic E-state index is 0.521. The molecule has 1 rings (SSSR count). The molecule has 3 atom stereocenters. The summed E-state index contributed by atoms with van der Waals surface area (Å²) >= 11 is 0. The van der Waals surface area contributed by atoms with E-state index in [-0.39, 0.29) is 0 Å². The van der Waals surface area contributed by atoms with Crippen molar-refractivity contribution in [3.63, 3.8) is 0 Å². The second-order valence-corrected chi connectivity index (χ2v) is 4.64. The molecule has 0 spiro atoms. The Kier molecular flexibility index (Phi) is 4.85. The number of likely N-dealkylation sites (N-methyl/N-ethyl adjacent to an activating group) is 1. The maximum Gasteiger partial charge on any atom is 0.0615 e. The summed E-state index contributed by atoms with van der Waals surface area (Å²) in [5, 5.41) is 3.44. The van der Waals surface area contributed by atoms with E-state index in [1.165, 1.54) is 19.6 Å². The maximum absolute atomic E-state index is 5.16. The first kappa shape index (κ1) is 12.0. The third-order valence-electron chi connectivity index (χ3n) is 3.36. The van der Waals surface area contributed by atoms with Crippen LogP contribution in [0.2, 0.25) is 0 Å². The Labute approximate surface area is 87.8 Å². The molecule has 1 N–H and O–H groups in total. The average molecular weight is 200 g/mol. The number of hydrogen-bond donors (Lipinski definition) is 1. The van der Waals surface area contributed by atoms with Gasteiger partial charge in [0.15, 0.2) is 0 Å². The Balaban J connectivity index is 2.28. The zero-order valence-electron chi connectivity index (χ0n) is 9.92. The predicted molar refractivity (Wildman–Crippen MR) is 59.5 cm³/mol. The van der Waals surface area contributed by atoms with Crippen molar-refractivity contribution >= 4 is 0 Å². The van der Waals surface area contributed by atoms with Crippen LogP contribution in [-0.2, 0) is 4.74 Å². The lowest BCUT2D eigenvalue weighted by molar-refractivity contribution is 0.103. The number of rotatable bonds is 5. The standard InChI is InChI=1S/C11H24N2O/c1-9-5-12-6-11(9)7-13(3)10(2)8-14-4/h9-12H,5-8H2,1-4H3/t9-,10?,11+/m1/s1. The summed E-state index contributed by atoms with van der Waals surface area (Å²) in [5.74, 6) is 1.62. The molecule has 1 saturated heterocycles. The van der Waals surface area contributed by atoms with Gasteiger partial charge in [0.2, 0.25) is 0 Å². The smallest absolute Gasteiger partial charge is 0.0615 e. The SMILES string of the molecule is COCC(C)N(C)C[C@@H]1CNC[C@H]1C. The van der Waals surface area contributed by atoms with Crippen molar-refractivity contribution in [2.75, 3.05) is 40.4 Å². The molecule has 0 aliphatic carbocycles. The van der Waals surface area contributed by atoms with Crippen molar-refractivity contribution in [2.45, 2.75) is 19.9 Å². The van der Waals surface area contributed by atoms with E-state index < -0.39 is 0 Å². The van der Waals surface area contributed by atoms with Crippen molar-refractivity contribution in [1.82, 2.24) is 10.2 Å². The van der Waals surface area contributed by atoms with Crippen molar-refractivity contribution < 1.29 is 4.74 Å². The van der Waals surface area contributed by atoms with E-state index in [9.17, 15) is 0 Å². The van der Waals surface area contributed by atoms with Gasteiger partial charge in [0.05, 0.1) is 6.61 Å². The highest BCUT2D eigenvalue weighted by molar-refractivity contribution is 4.81. The molecule has 0 radical (unpaired) electrons. The van der Waals surface area contributed by atoms with Gasteiger partial charge in [0.25, 0.3) is 0 Å². The molecule has 1 heterocycles. The summed E-state index contributed by atoms with van der Waals surface area (Å²) < 4.78 is 5.16. The quantitative estimate of drug-likeness (QED) is 0.711. The number of methoxy groups -OCH3 is 1. The maximum atomic E-state index is 5.16. The lowest BCUT2D eigenvalue weighted by atomic mass is 9.97. The first-order valence-corrected chi connectivity index (χ1v) is 5.55. The minimum atomic E-state index is 0.521. The molecule has 3 heteroatoms. The lowest BCUT2D eigenvalue weighted by Gasteiger charge is -2.28. The van der Waals surface area contributed by atoms with Crippen LogP contribution in [0.1, 0.15) is 13.8 Å². The Morgan fingerprint density at radius 3 is 2.71 bits per heavy atom. The fourth-order valence-corrected chi connectivity index (χ4v) is 2.03. The van der Waals surface area contributed by atoms with Crippen LogP contribution in [0, 0.1) is 11.8 Å². The molecule has 1 unspecified atom stereocenters. The monoisotopic (exact) mass is 200 g/mol. The number of hydrogen-bond acceptors (Lipinski definition) is 3. The molecule has 0 aromatic rings. The Morgan fingerprint density at radius 2 is 2.21 bits per heavy atom. The lowest BCUT2D eigenvalue weighted by Crippen LogP contribution is -2.38. The van der Waals surface area contributed by atoms with Crippen LogP contribution >= 0.6 is 0 Å². The summed E-state index contributed by atoms with van der Waals surface area (Å²) in [7, 11) is 3.96. The van der Waals surface area contributed by atoms with Crippen LogP contribution in [0.4, 0.5) is 0 Å². The number of ether oxygens (including phenoxy) is 1. The molecule has 0 saturated carbocycles. The zero-order valence-corrected chi connectivity index (χ0v) is 9.92. The molecule has 0 aromatic heterocycles. The van der Waals surface area contributed by atoms with E-state index >= 15 is 0 Å². The van der Waals surface area contributed by atoms with Gasteiger partial charge in [-0.1, -0.05) is 6.92 Å². The van der Waals surface area contributed by atoms with Gasteiger partial charge < -0.3 is 15.0 Å². The largest absolute Gasteiger partial charge is 0.383 e. The van der Waals surface area contributed by atoms with Crippen molar-refractivity contribution in [2.24, 2.45) is 11.8 Å². The second-order valence-electron chi connectivity index (χ2n) is 4.64. The van der Waals surface area contributed by atoms with Crippen LogP contribution in [0.5, 0.6) is 0 Å². The van der Waals surface area contributed by atoms with E-state index in [0.29, 0.717) is 6.04 Å². The molecule has 0 bridgehead atoms. The van der Waals surface area contributed by atoms with Crippen LogP contribution in [0.15, 0.2) is 0 Å². The highest BCUT2D eigenvalue weighted by atomic mass is 16.5. The fourth-order valence-electron chi connectivity index (χ4n) is 2.03. The van der Waals surface area contributed by atoms with Crippen LogP contribution in [-0.4, -0.2) is 51.3 Å². The Morgan fingerprint density at radius 1 is 1.50 bits per heavy atom. The zero-order chi connectivity index (χ0) is 10.6. The molecule has 84 valence electrons. The topological polar surface area (TPSA) is 24.5 Å². The Bertz CT molecular complexity index is 163. The summed E-state index contributed by atoms with van der Waals surface area (Å²) in [6, 6.07) is 0.521. The predicted octanol–water partition coefficient (Wildman–Crippen LogP) is 0.809. The van der Waals surface area contributed by atoms with Gasteiger partial charge in [-0.15, -0.1) is 0 Å². The molecular formula is C11H24N2O. The number of nitrogens with one attached hydrogen (secondary N) is 1. The molecule has 1 aliphatic heterocycles. The van der Waals surface area contributed by atoms with Crippen LogP contribution in [0.3, 0.4) is 0 Å². The summed E-state index contributed by atoms with van der Waals surface area (Å²) in [6.07, 6.45) is 0. The van der Waals surface area contributed by atoms with Gasteiger partial charge in [-0.05, 0) is 38.9 Å². The van der Waals surface area contributed by atoms with E-state index in [4.69, 9.17) is 4.74 Å². The van der Waals surface area contributed by atoms with E-state index in [1.54, 1.807) is 7.11 Å². The third kappa shape index (κ3) is 3.23. The number of nitrogens with zero attached hydrogens (tertiary/aromatic N) is 1. The highest BCUT2D eigenvalue weighted by Crippen LogP contribution is 2.17. The summed E-state index contributed by atoms with van der Waals surface area (Å²) in [4.78, 5) is 2.40. The Hall–Kier alpha value is -0.120.